The molecule has 0 fully saturated rings. The molecule has 0 saturated heterocycles. The Bertz CT molecular complexity index is 602. The molecule has 2 rings (SSSR count). The highest BCUT2D eigenvalue weighted by Crippen LogP contribution is 2.30. The van der Waals surface area contributed by atoms with Gasteiger partial charge in [0.25, 0.3) is 0 Å². The van der Waals surface area contributed by atoms with E-state index in [0.29, 0.717) is 11.4 Å². The zero-order valence-electron chi connectivity index (χ0n) is 11.0. The van der Waals surface area contributed by atoms with Gasteiger partial charge in [0.05, 0.1) is 16.6 Å². The van der Waals surface area contributed by atoms with Gasteiger partial charge in [0.1, 0.15) is 0 Å². The second kappa shape index (κ2) is 6.96. The Morgan fingerprint density at radius 2 is 2.05 bits per heavy atom. The molecule has 0 radical (unpaired) electrons. The predicted molar refractivity (Wildman–Crippen MR) is 86.5 cm³/mol. The summed E-state index contributed by atoms with van der Waals surface area (Å²) in [7, 11) is 0. The number of carbonyl (C=O) groups is 1. The van der Waals surface area contributed by atoms with E-state index in [9.17, 15) is 4.79 Å². The standard InChI is InChI=1S/C12H14N4OS3/c1-7(19-12-16-15-11(18-2)20-12)10(17)14-9-6-4-3-5-8(9)13/h3-7H,13H2,1-2H3,(H,14,17). The highest BCUT2D eigenvalue weighted by molar-refractivity contribution is 8.03. The topological polar surface area (TPSA) is 80.9 Å². The number of benzene rings is 1. The molecule has 8 heteroatoms. The minimum Gasteiger partial charge on any atom is -0.397 e. The fourth-order valence-electron chi connectivity index (χ4n) is 1.38. The van der Waals surface area contributed by atoms with E-state index in [0.717, 1.165) is 8.68 Å². The molecule has 0 spiro atoms. The van der Waals surface area contributed by atoms with Crippen LogP contribution in [0.25, 0.3) is 0 Å². The van der Waals surface area contributed by atoms with E-state index in [1.165, 1.54) is 23.1 Å². The molecular formula is C12H14N4OS3. The van der Waals surface area contributed by atoms with Crippen molar-refractivity contribution in [2.45, 2.75) is 20.9 Å². The number of hydrogen-bond donors (Lipinski definition) is 2. The van der Waals surface area contributed by atoms with Gasteiger partial charge in [-0.05, 0) is 25.3 Å². The van der Waals surface area contributed by atoms with E-state index in [1.54, 1.807) is 23.9 Å². The lowest BCUT2D eigenvalue weighted by Crippen LogP contribution is -2.22. The largest absolute Gasteiger partial charge is 0.397 e. The molecule has 3 N–H and O–H groups in total. The van der Waals surface area contributed by atoms with Crippen LogP contribution in [-0.2, 0) is 4.79 Å². The highest BCUT2D eigenvalue weighted by Gasteiger charge is 2.17. The van der Waals surface area contributed by atoms with Gasteiger partial charge in [0, 0.05) is 0 Å². The lowest BCUT2D eigenvalue weighted by molar-refractivity contribution is -0.115. The van der Waals surface area contributed by atoms with E-state index >= 15 is 0 Å². The van der Waals surface area contributed by atoms with Gasteiger partial charge in [0.15, 0.2) is 8.68 Å². The molecule has 0 aliphatic rings. The van der Waals surface area contributed by atoms with E-state index in [1.807, 2.05) is 25.3 Å². The first-order valence-electron chi connectivity index (χ1n) is 5.79. The van der Waals surface area contributed by atoms with Crippen molar-refractivity contribution in [1.29, 1.82) is 0 Å². The lowest BCUT2D eigenvalue weighted by Gasteiger charge is -2.11. The van der Waals surface area contributed by atoms with Crippen LogP contribution in [0.3, 0.4) is 0 Å². The first-order valence-corrected chi connectivity index (χ1v) is 8.71. The van der Waals surface area contributed by atoms with E-state index in [-0.39, 0.29) is 11.2 Å². The third-order valence-corrected chi connectivity index (χ3v) is 5.51. The quantitative estimate of drug-likeness (QED) is 0.649. The summed E-state index contributed by atoms with van der Waals surface area (Å²) in [4.78, 5) is 12.1. The number of hydrogen-bond acceptors (Lipinski definition) is 7. The molecule has 1 aromatic heterocycles. The zero-order valence-corrected chi connectivity index (χ0v) is 13.4. The molecule has 20 heavy (non-hydrogen) atoms. The van der Waals surface area contributed by atoms with Gasteiger partial charge in [0.2, 0.25) is 5.91 Å². The van der Waals surface area contributed by atoms with Crippen LogP contribution < -0.4 is 11.1 Å². The zero-order chi connectivity index (χ0) is 14.5. The second-order valence-corrected chi connectivity index (χ2v) is 7.49. The molecule has 0 aliphatic carbocycles. The van der Waals surface area contributed by atoms with Crippen LogP contribution in [0.15, 0.2) is 32.9 Å². The van der Waals surface area contributed by atoms with E-state index in [4.69, 9.17) is 5.73 Å². The fraction of sp³-hybridized carbons (Fsp3) is 0.250. The number of para-hydroxylation sites is 2. The predicted octanol–water partition coefficient (Wildman–Crippen LogP) is 2.96. The van der Waals surface area contributed by atoms with Gasteiger partial charge >= 0.3 is 0 Å². The number of nitrogens with zero attached hydrogens (tertiary/aromatic N) is 2. The molecule has 1 heterocycles. The molecule has 5 nitrogen and oxygen atoms in total. The van der Waals surface area contributed by atoms with Crippen LogP contribution in [0, 0.1) is 0 Å². The van der Waals surface area contributed by atoms with Crippen molar-refractivity contribution in [3.8, 4) is 0 Å². The van der Waals surface area contributed by atoms with Crippen LogP contribution in [0.2, 0.25) is 0 Å². The Morgan fingerprint density at radius 3 is 2.70 bits per heavy atom. The maximum atomic E-state index is 12.1. The van der Waals surface area contributed by atoms with Crippen molar-refractivity contribution < 1.29 is 4.79 Å². The number of rotatable bonds is 5. The van der Waals surface area contributed by atoms with Crippen molar-refractivity contribution >= 4 is 52.1 Å². The summed E-state index contributed by atoms with van der Waals surface area (Å²) in [6.07, 6.45) is 1.95. The summed E-state index contributed by atoms with van der Waals surface area (Å²) in [5.74, 6) is -0.103. The Labute approximate surface area is 129 Å². The van der Waals surface area contributed by atoms with Gasteiger partial charge < -0.3 is 11.1 Å². The van der Waals surface area contributed by atoms with Gasteiger partial charge in [-0.3, -0.25) is 4.79 Å². The van der Waals surface area contributed by atoms with Crippen molar-refractivity contribution in [1.82, 2.24) is 10.2 Å². The summed E-state index contributed by atoms with van der Waals surface area (Å²) in [5.41, 5.74) is 6.98. The van der Waals surface area contributed by atoms with Gasteiger partial charge in [-0.1, -0.05) is 47.0 Å². The number of aromatic nitrogens is 2. The maximum Gasteiger partial charge on any atom is 0.237 e. The number of nitrogen functional groups attached to an aromatic ring is 1. The van der Waals surface area contributed by atoms with Crippen molar-refractivity contribution in [2.75, 3.05) is 17.3 Å². The number of nitrogens with two attached hydrogens (primary N) is 1. The molecular weight excluding hydrogens is 312 g/mol. The van der Waals surface area contributed by atoms with Crippen molar-refractivity contribution in [3.63, 3.8) is 0 Å². The number of carbonyl (C=O) groups excluding carboxylic acids is 1. The average Bonchev–Trinajstić information content (AvgIpc) is 2.89. The molecule has 1 aromatic carbocycles. The van der Waals surface area contributed by atoms with Gasteiger partial charge in [-0.25, -0.2) is 0 Å². The number of nitrogens with one attached hydrogen (secondary N) is 1. The van der Waals surface area contributed by atoms with Crippen LogP contribution in [0.5, 0.6) is 0 Å². The third-order valence-electron chi connectivity index (χ3n) is 2.43. The summed E-state index contributed by atoms with van der Waals surface area (Å²) in [6.45, 7) is 1.83. The Hall–Kier alpha value is -1.25. The monoisotopic (exact) mass is 326 g/mol. The number of anilines is 2. The van der Waals surface area contributed by atoms with E-state index in [2.05, 4.69) is 15.5 Å². The van der Waals surface area contributed by atoms with Crippen LogP contribution in [-0.4, -0.2) is 27.6 Å². The third kappa shape index (κ3) is 3.87. The maximum absolute atomic E-state index is 12.1. The average molecular weight is 326 g/mol. The Kier molecular flexibility index (Phi) is 5.27. The Morgan fingerprint density at radius 1 is 1.35 bits per heavy atom. The molecule has 1 unspecified atom stereocenters. The minimum absolute atomic E-state index is 0.103. The summed E-state index contributed by atoms with van der Waals surface area (Å²) < 4.78 is 1.69. The normalized spacial score (nSPS) is 12.1. The first kappa shape index (κ1) is 15.1. The molecule has 106 valence electrons. The molecule has 0 aliphatic heterocycles. The highest BCUT2D eigenvalue weighted by atomic mass is 32.2. The van der Waals surface area contributed by atoms with Crippen LogP contribution in [0.1, 0.15) is 6.92 Å². The van der Waals surface area contributed by atoms with Crippen molar-refractivity contribution in [3.05, 3.63) is 24.3 Å². The molecule has 1 atom stereocenters. The molecule has 1 amide bonds. The molecule has 0 saturated carbocycles. The summed E-state index contributed by atoms with van der Waals surface area (Å²) >= 11 is 4.42. The number of thioether (sulfide) groups is 2. The smallest absolute Gasteiger partial charge is 0.237 e. The van der Waals surface area contributed by atoms with E-state index < -0.39 is 0 Å². The second-order valence-electron chi connectivity index (χ2n) is 3.87. The van der Waals surface area contributed by atoms with Crippen LogP contribution in [0.4, 0.5) is 11.4 Å². The van der Waals surface area contributed by atoms with Gasteiger partial charge in [-0.2, -0.15) is 0 Å². The molecule has 2 aromatic rings. The summed E-state index contributed by atoms with van der Waals surface area (Å²) in [6, 6.07) is 7.19. The van der Waals surface area contributed by atoms with Crippen LogP contribution >= 0.6 is 34.9 Å². The van der Waals surface area contributed by atoms with Crippen molar-refractivity contribution in [2.24, 2.45) is 0 Å². The Balaban J connectivity index is 1.97. The number of amides is 1. The molecule has 0 bridgehead atoms. The lowest BCUT2D eigenvalue weighted by atomic mass is 10.2. The fourth-order valence-corrected chi connectivity index (χ4v) is 3.96. The first-order chi connectivity index (χ1) is 9.60. The summed E-state index contributed by atoms with van der Waals surface area (Å²) in [5, 5.41) is 10.6. The minimum atomic E-state index is -0.266. The van der Waals surface area contributed by atoms with Gasteiger partial charge in [-0.15, -0.1) is 10.2 Å². The SMILES string of the molecule is CSc1nnc(SC(C)C(=O)Nc2ccccc2N)s1.